The summed E-state index contributed by atoms with van der Waals surface area (Å²) < 4.78 is 13.4. The Balaban J connectivity index is 1.79. The van der Waals surface area contributed by atoms with Crippen LogP contribution in [-0.2, 0) is 11.2 Å². The van der Waals surface area contributed by atoms with E-state index >= 15 is 0 Å². The fourth-order valence-corrected chi connectivity index (χ4v) is 1.84. The molecule has 0 saturated heterocycles. The van der Waals surface area contributed by atoms with Crippen LogP contribution in [0.3, 0.4) is 0 Å². The normalized spacial score (nSPS) is 14.9. The summed E-state index contributed by atoms with van der Waals surface area (Å²) in [5.74, 6) is 0.343. The van der Waals surface area contributed by atoms with Gasteiger partial charge < -0.3 is 5.32 Å². The molecular weight excluding hydrogens is 241 g/mol. The zero-order chi connectivity index (χ0) is 12.3. The second kappa shape index (κ2) is 5.61. The van der Waals surface area contributed by atoms with Crippen molar-refractivity contribution in [2.24, 2.45) is 5.92 Å². The van der Waals surface area contributed by atoms with Crippen molar-refractivity contribution in [1.82, 2.24) is 5.32 Å². The molecule has 0 bridgehead atoms. The van der Waals surface area contributed by atoms with Crippen LogP contribution in [-0.4, -0.2) is 18.9 Å². The van der Waals surface area contributed by atoms with Gasteiger partial charge in [-0.15, -0.1) is 0 Å². The van der Waals surface area contributed by atoms with Crippen LogP contribution in [0.15, 0.2) is 18.2 Å². The smallest absolute Gasteiger partial charge is 0.151 e. The number of rotatable bonds is 6. The Morgan fingerprint density at radius 2 is 2.24 bits per heavy atom. The molecule has 0 aromatic heterocycles. The lowest BCUT2D eigenvalue weighted by Gasteiger charge is -2.04. The highest BCUT2D eigenvalue weighted by atomic mass is 35.5. The number of hydrogen-bond acceptors (Lipinski definition) is 2. The molecule has 92 valence electrons. The van der Waals surface area contributed by atoms with Crippen LogP contribution in [0, 0.1) is 11.7 Å². The first kappa shape index (κ1) is 12.5. The van der Waals surface area contributed by atoms with Crippen molar-refractivity contribution in [1.29, 1.82) is 0 Å². The van der Waals surface area contributed by atoms with Crippen molar-refractivity contribution < 1.29 is 9.18 Å². The van der Waals surface area contributed by atoms with Gasteiger partial charge in [0, 0.05) is 11.4 Å². The van der Waals surface area contributed by atoms with Crippen LogP contribution in [0.25, 0.3) is 0 Å². The second-order valence-electron chi connectivity index (χ2n) is 4.53. The predicted molar refractivity (Wildman–Crippen MR) is 65.7 cm³/mol. The van der Waals surface area contributed by atoms with Gasteiger partial charge >= 0.3 is 0 Å². The zero-order valence-corrected chi connectivity index (χ0v) is 10.3. The van der Waals surface area contributed by atoms with Gasteiger partial charge in [-0.3, -0.25) is 4.79 Å². The number of carbonyl (C=O) groups excluding carboxylic acids is 1. The molecule has 17 heavy (non-hydrogen) atoms. The molecule has 2 rings (SSSR count). The third-order valence-corrected chi connectivity index (χ3v) is 3.09. The molecule has 0 atom stereocenters. The first-order valence-electron chi connectivity index (χ1n) is 5.81. The summed E-state index contributed by atoms with van der Waals surface area (Å²) in [5, 5.41) is 3.45. The number of carbonyl (C=O) groups is 1. The monoisotopic (exact) mass is 255 g/mol. The van der Waals surface area contributed by atoms with E-state index in [0.717, 1.165) is 12.5 Å². The maximum Gasteiger partial charge on any atom is 0.151 e. The van der Waals surface area contributed by atoms with E-state index in [1.54, 1.807) is 12.1 Å². The standard InChI is InChI=1S/C13H15ClFNO/c14-11-4-3-10(13(15)6-11)5-12(17)8-16-7-9-1-2-9/h3-4,6,9,16H,1-2,5,7-8H2. The number of ketones is 1. The Morgan fingerprint density at radius 1 is 1.47 bits per heavy atom. The van der Waals surface area contributed by atoms with Gasteiger partial charge in [0.1, 0.15) is 5.82 Å². The maximum atomic E-state index is 13.4. The molecule has 1 N–H and O–H groups in total. The van der Waals surface area contributed by atoms with Gasteiger partial charge in [-0.2, -0.15) is 0 Å². The van der Waals surface area contributed by atoms with E-state index in [9.17, 15) is 9.18 Å². The van der Waals surface area contributed by atoms with Crippen LogP contribution in [0.4, 0.5) is 4.39 Å². The highest BCUT2D eigenvalue weighted by Crippen LogP contribution is 2.27. The molecule has 1 aromatic carbocycles. The Kier molecular flexibility index (Phi) is 4.13. The summed E-state index contributed by atoms with van der Waals surface area (Å²) in [7, 11) is 0. The van der Waals surface area contributed by atoms with Gasteiger partial charge in [0.2, 0.25) is 0 Å². The molecular formula is C13H15ClFNO. The van der Waals surface area contributed by atoms with Crippen molar-refractivity contribution in [3.8, 4) is 0 Å². The second-order valence-corrected chi connectivity index (χ2v) is 4.96. The lowest BCUT2D eigenvalue weighted by molar-refractivity contribution is -0.117. The summed E-state index contributed by atoms with van der Waals surface area (Å²) >= 11 is 5.64. The molecule has 4 heteroatoms. The van der Waals surface area contributed by atoms with E-state index in [1.165, 1.54) is 18.9 Å². The van der Waals surface area contributed by atoms with Crippen molar-refractivity contribution in [3.63, 3.8) is 0 Å². The van der Waals surface area contributed by atoms with E-state index in [4.69, 9.17) is 11.6 Å². The minimum absolute atomic E-state index is 0.00636. The van der Waals surface area contributed by atoms with Crippen LogP contribution in [0.5, 0.6) is 0 Å². The summed E-state index contributed by atoms with van der Waals surface area (Å²) in [5.41, 5.74) is 0.410. The quantitative estimate of drug-likeness (QED) is 0.847. The number of nitrogens with one attached hydrogen (secondary N) is 1. The number of halogens is 2. The van der Waals surface area contributed by atoms with Gasteiger partial charge in [-0.25, -0.2) is 4.39 Å². The van der Waals surface area contributed by atoms with Gasteiger partial charge in [0.15, 0.2) is 5.78 Å². The van der Waals surface area contributed by atoms with E-state index in [2.05, 4.69) is 5.32 Å². The SMILES string of the molecule is O=C(CNCC1CC1)Cc1ccc(Cl)cc1F. The zero-order valence-electron chi connectivity index (χ0n) is 9.51. The Bertz CT molecular complexity index is 418. The Hall–Kier alpha value is -0.930. The van der Waals surface area contributed by atoms with Crippen molar-refractivity contribution in [3.05, 3.63) is 34.6 Å². The molecule has 1 fully saturated rings. The average Bonchev–Trinajstić information content (AvgIpc) is 3.06. The molecule has 0 aliphatic heterocycles. The molecule has 1 aliphatic carbocycles. The maximum absolute atomic E-state index is 13.4. The van der Waals surface area contributed by atoms with Crippen molar-refractivity contribution in [2.45, 2.75) is 19.3 Å². The largest absolute Gasteiger partial charge is 0.310 e. The lowest BCUT2D eigenvalue weighted by Crippen LogP contribution is -2.26. The van der Waals surface area contributed by atoms with Crippen molar-refractivity contribution >= 4 is 17.4 Å². The summed E-state index contributed by atoms with van der Waals surface area (Å²) in [6.45, 7) is 1.22. The lowest BCUT2D eigenvalue weighted by atomic mass is 10.1. The van der Waals surface area contributed by atoms with Gasteiger partial charge in [0.25, 0.3) is 0 Å². The van der Waals surface area contributed by atoms with Crippen LogP contribution in [0.1, 0.15) is 18.4 Å². The van der Waals surface area contributed by atoms with Gasteiger partial charge in [-0.1, -0.05) is 17.7 Å². The van der Waals surface area contributed by atoms with E-state index in [1.807, 2.05) is 0 Å². The minimum atomic E-state index is -0.409. The number of benzene rings is 1. The molecule has 0 spiro atoms. The highest BCUT2D eigenvalue weighted by Gasteiger charge is 2.20. The third kappa shape index (κ3) is 4.10. The molecule has 1 saturated carbocycles. The summed E-state index contributed by atoms with van der Waals surface area (Å²) in [6.07, 6.45) is 2.64. The average molecular weight is 256 g/mol. The molecule has 2 nitrogen and oxygen atoms in total. The molecule has 1 aromatic rings. The number of Topliss-reactive ketones (excluding diaryl/α,β-unsaturated/α-hetero) is 1. The van der Waals surface area contributed by atoms with Crippen LogP contribution < -0.4 is 5.32 Å². The first-order valence-corrected chi connectivity index (χ1v) is 6.19. The third-order valence-electron chi connectivity index (χ3n) is 2.85. The molecule has 0 radical (unpaired) electrons. The summed E-state index contributed by atoms with van der Waals surface area (Å²) in [4.78, 5) is 11.6. The Morgan fingerprint density at radius 3 is 2.88 bits per heavy atom. The summed E-state index contributed by atoms with van der Waals surface area (Å²) in [6, 6.07) is 4.41. The molecule has 1 aliphatic rings. The minimum Gasteiger partial charge on any atom is -0.310 e. The van der Waals surface area contributed by atoms with E-state index in [0.29, 0.717) is 17.1 Å². The number of hydrogen-bond donors (Lipinski definition) is 1. The first-order chi connectivity index (χ1) is 8.15. The molecule has 0 heterocycles. The molecule has 0 amide bonds. The predicted octanol–water partition coefficient (Wildman–Crippen LogP) is 2.59. The molecule has 0 unspecified atom stereocenters. The highest BCUT2D eigenvalue weighted by molar-refractivity contribution is 6.30. The van der Waals surface area contributed by atoms with E-state index < -0.39 is 5.82 Å². The topological polar surface area (TPSA) is 29.1 Å². The van der Waals surface area contributed by atoms with Gasteiger partial charge in [0.05, 0.1) is 6.54 Å². The van der Waals surface area contributed by atoms with Crippen LogP contribution >= 0.6 is 11.6 Å². The Labute approximate surface area is 105 Å². The van der Waals surface area contributed by atoms with Crippen LogP contribution in [0.2, 0.25) is 5.02 Å². The van der Waals surface area contributed by atoms with Gasteiger partial charge in [-0.05, 0) is 43.0 Å². The fourth-order valence-electron chi connectivity index (χ4n) is 1.68. The fraction of sp³-hybridized carbons (Fsp3) is 0.462. The van der Waals surface area contributed by atoms with E-state index in [-0.39, 0.29) is 12.2 Å². The van der Waals surface area contributed by atoms with Crippen molar-refractivity contribution in [2.75, 3.05) is 13.1 Å².